The van der Waals surface area contributed by atoms with Crippen LogP contribution in [0.5, 0.6) is 0 Å². The van der Waals surface area contributed by atoms with Crippen LogP contribution in [-0.2, 0) is 0 Å². The standard InChI is InChI=1S/C9H11N3OS/c1-6(13)7-2-4-8(5-3-7)11-9(14)12-10/h2-5H,10H2,1H3,(H2,11,12,14). The van der Waals surface area contributed by atoms with Gasteiger partial charge in [-0.05, 0) is 43.4 Å². The van der Waals surface area contributed by atoms with E-state index in [-0.39, 0.29) is 5.78 Å². The van der Waals surface area contributed by atoms with Crippen LogP contribution in [0.1, 0.15) is 17.3 Å². The number of hydrogen-bond acceptors (Lipinski definition) is 3. The normalized spacial score (nSPS) is 9.29. The van der Waals surface area contributed by atoms with Gasteiger partial charge in [-0.15, -0.1) is 0 Å². The Morgan fingerprint density at radius 3 is 2.36 bits per heavy atom. The van der Waals surface area contributed by atoms with Crippen molar-refractivity contribution in [2.45, 2.75) is 6.92 Å². The van der Waals surface area contributed by atoms with Gasteiger partial charge in [0.25, 0.3) is 0 Å². The molecule has 0 aliphatic heterocycles. The van der Waals surface area contributed by atoms with E-state index in [1.165, 1.54) is 6.92 Å². The molecule has 1 aromatic rings. The maximum Gasteiger partial charge on any atom is 0.185 e. The summed E-state index contributed by atoms with van der Waals surface area (Å²) in [5.74, 6) is 5.13. The molecule has 0 heterocycles. The quantitative estimate of drug-likeness (QED) is 0.294. The molecule has 0 radical (unpaired) electrons. The van der Waals surface area contributed by atoms with E-state index in [0.29, 0.717) is 10.7 Å². The Kier molecular flexibility index (Phi) is 3.55. The van der Waals surface area contributed by atoms with E-state index in [9.17, 15) is 4.79 Å². The molecule has 0 spiro atoms. The van der Waals surface area contributed by atoms with Crippen molar-refractivity contribution in [3.8, 4) is 0 Å². The van der Waals surface area contributed by atoms with E-state index in [0.717, 1.165) is 5.69 Å². The van der Waals surface area contributed by atoms with Crippen molar-refractivity contribution >= 4 is 28.8 Å². The highest BCUT2D eigenvalue weighted by Gasteiger charge is 1.99. The SMILES string of the molecule is CC(=O)c1ccc(NC(=S)NN)cc1. The van der Waals surface area contributed by atoms with Crippen LogP contribution < -0.4 is 16.6 Å². The first kappa shape index (κ1) is 10.6. The second-order valence-electron chi connectivity index (χ2n) is 2.73. The number of carbonyl (C=O) groups excluding carboxylic acids is 1. The Hall–Kier alpha value is -1.46. The molecule has 14 heavy (non-hydrogen) atoms. The third-order valence-corrected chi connectivity index (χ3v) is 1.90. The Balaban J connectivity index is 2.73. The Morgan fingerprint density at radius 1 is 1.36 bits per heavy atom. The van der Waals surface area contributed by atoms with Crippen LogP contribution in [0.25, 0.3) is 0 Å². The number of nitrogens with one attached hydrogen (secondary N) is 2. The second kappa shape index (κ2) is 4.69. The van der Waals surface area contributed by atoms with Gasteiger partial charge < -0.3 is 10.7 Å². The number of anilines is 1. The summed E-state index contributed by atoms with van der Waals surface area (Å²) in [7, 11) is 0. The average Bonchev–Trinajstić information content (AvgIpc) is 2.18. The molecule has 0 unspecified atom stereocenters. The van der Waals surface area contributed by atoms with E-state index in [4.69, 9.17) is 18.1 Å². The van der Waals surface area contributed by atoms with E-state index >= 15 is 0 Å². The summed E-state index contributed by atoms with van der Waals surface area (Å²) >= 11 is 4.81. The highest BCUT2D eigenvalue weighted by Crippen LogP contribution is 2.09. The molecular weight excluding hydrogens is 198 g/mol. The number of ketones is 1. The minimum absolute atomic E-state index is 0.0380. The first-order chi connectivity index (χ1) is 6.63. The van der Waals surface area contributed by atoms with Crippen molar-refractivity contribution in [1.29, 1.82) is 0 Å². The van der Waals surface area contributed by atoms with Crippen LogP contribution in [0.4, 0.5) is 5.69 Å². The molecule has 1 rings (SSSR count). The fraction of sp³-hybridized carbons (Fsp3) is 0.111. The Labute approximate surface area is 87.5 Å². The zero-order chi connectivity index (χ0) is 10.6. The average molecular weight is 209 g/mol. The first-order valence-electron chi connectivity index (χ1n) is 4.02. The van der Waals surface area contributed by atoms with Gasteiger partial charge >= 0.3 is 0 Å². The lowest BCUT2D eigenvalue weighted by Gasteiger charge is -2.06. The molecule has 0 fully saturated rings. The number of thiocarbonyl (C=S) groups is 1. The monoisotopic (exact) mass is 209 g/mol. The van der Waals surface area contributed by atoms with Gasteiger partial charge in [0.15, 0.2) is 10.9 Å². The summed E-state index contributed by atoms with van der Waals surface area (Å²) < 4.78 is 0. The topological polar surface area (TPSA) is 67.2 Å². The van der Waals surface area contributed by atoms with E-state index in [1.807, 2.05) is 0 Å². The molecular formula is C9H11N3OS. The van der Waals surface area contributed by atoms with Gasteiger partial charge in [0.1, 0.15) is 0 Å². The molecule has 0 saturated carbocycles. The highest BCUT2D eigenvalue weighted by atomic mass is 32.1. The molecule has 0 aliphatic rings. The van der Waals surface area contributed by atoms with Crippen molar-refractivity contribution in [3.63, 3.8) is 0 Å². The molecule has 5 heteroatoms. The smallest absolute Gasteiger partial charge is 0.185 e. The van der Waals surface area contributed by atoms with Gasteiger partial charge in [0.05, 0.1) is 0 Å². The van der Waals surface area contributed by atoms with Gasteiger partial charge in [0.2, 0.25) is 0 Å². The van der Waals surface area contributed by atoms with Gasteiger partial charge in [-0.3, -0.25) is 4.79 Å². The number of Topliss-reactive ketones (excluding diaryl/α,β-unsaturated/α-hetero) is 1. The maximum absolute atomic E-state index is 11.0. The summed E-state index contributed by atoms with van der Waals surface area (Å²) in [6.45, 7) is 1.52. The molecule has 0 aliphatic carbocycles. The lowest BCUT2D eigenvalue weighted by Crippen LogP contribution is -2.34. The van der Waals surface area contributed by atoms with Crippen molar-refractivity contribution in [2.24, 2.45) is 5.84 Å². The predicted molar refractivity (Wildman–Crippen MR) is 60.0 cm³/mol. The van der Waals surface area contributed by atoms with Crippen LogP contribution in [0, 0.1) is 0 Å². The van der Waals surface area contributed by atoms with Gasteiger partial charge in [-0.1, -0.05) is 0 Å². The minimum Gasteiger partial charge on any atom is -0.332 e. The number of hydrazine groups is 1. The number of benzene rings is 1. The number of nitrogens with two attached hydrogens (primary N) is 1. The first-order valence-corrected chi connectivity index (χ1v) is 4.43. The van der Waals surface area contributed by atoms with Crippen LogP contribution in [0.15, 0.2) is 24.3 Å². The third kappa shape index (κ3) is 2.79. The van der Waals surface area contributed by atoms with Crippen LogP contribution in [-0.4, -0.2) is 10.9 Å². The number of hydrogen-bond donors (Lipinski definition) is 3. The zero-order valence-electron chi connectivity index (χ0n) is 7.70. The lowest BCUT2D eigenvalue weighted by atomic mass is 10.1. The van der Waals surface area contributed by atoms with Crippen molar-refractivity contribution < 1.29 is 4.79 Å². The van der Waals surface area contributed by atoms with E-state index < -0.39 is 0 Å². The van der Waals surface area contributed by atoms with Crippen molar-refractivity contribution in [3.05, 3.63) is 29.8 Å². The fourth-order valence-electron chi connectivity index (χ4n) is 0.955. The van der Waals surface area contributed by atoms with E-state index in [2.05, 4.69) is 10.7 Å². The van der Waals surface area contributed by atoms with Crippen LogP contribution >= 0.6 is 12.2 Å². The van der Waals surface area contributed by atoms with Gasteiger partial charge in [-0.2, -0.15) is 0 Å². The largest absolute Gasteiger partial charge is 0.332 e. The van der Waals surface area contributed by atoms with Crippen LogP contribution in [0.2, 0.25) is 0 Å². The maximum atomic E-state index is 11.0. The Bertz CT molecular complexity index is 348. The number of rotatable bonds is 2. The molecule has 0 bridgehead atoms. The highest BCUT2D eigenvalue weighted by molar-refractivity contribution is 7.80. The molecule has 1 aromatic carbocycles. The lowest BCUT2D eigenvalue weighted by molar-refractivity contribution is 0.101. The van der Waals surface area contributed by atoms with Crippen molar-refractivity contribution in [2.75, 3.05) is 5.32 Å². The summed E-state index contributed by atoms with van der Waals surface area (Å²) in [5.41, 5.74) is 3.76. The predicted octanol–water partition coefficient (Wildman–Crippen LogP) is 1.05. The summed E-state index contributed by atoms with van der Waals surface area (Å²) in [6.07, 6.45) is 0. The fourth-order valence-corrected chi connectivity index (χ4v) is 1.07. The molecule has 0 saturated heterocycles. The second-order valence-corrected chi connectivity index (χ2v) is 3.14. The Morgan fingerprint density at radius 2 is 1.93 bits per heavy atom. The minimum atomic E-state index is 0.0380. The van der Waals surface area contributed by atoms with Gasteiger partial charge in [-0.25, -0.2) is 5.84 Å². The molecule has 0 atom stereocenters. The molecule has 0 amide bonds. The van der Waals surface area contributed by atoms with Crippen molar-refractivity contribution in [1.82, 2.24) is 5.43 Å². The summed E-state index contributed by atoms with van der Waals surface area (Å²) in [4.78, 5) is 11.0. The third-order valence-electron chi connectivity index (χ3n) is 1.68. The number of carbonyl (C=O) groups is 1. The molecule has 4 N–H and O–H groups in total. The molecule has 0 aromatic heterocycles. The molecule has 4 nitrogen and oxygen atoms in total. The zero-order valence-corrected chi connectivity index (χ0v) is 8.52. The summed E-state index contributed by atoms with van der Waals surface area (Å²) in [5, 5.41) is 3.18. The van der Waals surface area contributed by atoms with Crippen LogP contribution in [0.3, 0.4) is 0 Å². The van der Waals surface area contributed by atoms with E-state index in [1.54, 1.807) is 24.3 Å². The molecule has 74 valence electrons. The summed E-state index contributed by atoms with van der Waals surface area (Å²) in [6, 6.07) is 6.98. The van der Waals surface area contributed by atoms with Gasteiger partial charge in [0, 0.05) is 11.3 Å².